The molecule has 1 atom stereocenters. The summed E-state index contributed by atoms with van der Waals surface area (Å²) >= 11 is 5.76. The highest BCUT2D eigenvalue weighted by molar-refractivity contribution is 6.31. The number of benzene rings is 1. The van der Waals surface area contributed by atoms with Gasteiger partial charge in [0.25, 0.3) is 0 Å². The Morgan fingerprint density at radius 2 is 1.56 bits per heavy atom. The van der Waals surface area contributed by atoms with Crippen molar-refractivity contribution in [3.63, 3.8) is 0 Å². The zero-order valence-electron chi connectivity index (χ0n) is 15.7. The number of rotatable bonds is 13. The fourth-order valence-electron chi connectivity index (χ4n) is 2.91. The first kappa shape index (κ1) is 22.0. The van der Waals surface area contributed by atoms with Crippen molar-refractivity contribution in [2.75, 3.05) is 0 Å². The van der Waals surface area contributed by atoms with Crippen LogP contribution in [0.15, 0.2) is 18.2 Å². The lowest BCUT2D eigenvalue weighted by molar-refractivity contribution is 0.0244. The number of halogens is 2. The molecule has 0 N–H and O–H groups in total. The zero-order chi connectivity index (χ0) is 18.5. The molecule has 2 nitrogen and oxygen atoms in total. The van der Waals surface area contributed by atoms with Gasteiger partial charge < -0.3 is 4.74 Å². The SMILES string of the molecule is CCCCCCCCC(CCCCC)OC(=O)c1cccc(Cl)c1F. The van der Waals surface area contributed by atoms with Crippen LogP contribution in [-0.4, -0.2) is 12.1 Å². The van der Waals surface area contributed by atoms with E-state index in [1.54, 1.807) is 6.07 Å². The molecule has 0 aliphatic carbocycles. The van der Waals surface area contributed by atoms with E-state index < -0.39 is 11.8 Å². The Morgan fingerprint density at radius 3 is 2.24 bits per heavy atom. The first-order valence-corrected chi connectivity index (χ1v) is 10.1. The lowest BCUT2D eigenvalue weighted by Gasteiger charge is -2.18. The Hall–Kier alpha value is -1.09. The molecule has 142 valence electrons. The molecule has 0 saturated carbocycles. The predicted molar refractivity (Wildman–Crippen MR) is 103 cm³/mol. The molecule has 1 unspecified atom stereocenters. The normalized spacial score (nSPS) is 12.2. The number of ether oxygens (including phenoxy) is 1. The van der Waals surface area contributed by atoms with E-state index in [2.05, 4.69) is 13.8 Å². The van der Waals surface area contributed by atoms with Crippen LogP contribution in [0.4, 0.5) is 4.39 Å². The molecule has 0 spiro atoms. The fraction of sp³-hybridized carbons (Fsp3) is 0.667. The minimum absolute atomic E-state index is 0.0482. The Bertz CT molecular complexity index is 505. The van der Waals surface area contributed by atoms with Gasteiger partial charge in [-0.25, -0.2) is 9.18 Å². The van der Waals surface area contributed by atoms with E-state index in [1.165, 1.54) is 37.8 Å². The molecule has 0 aromatic heterocycles. The van der Waals surface area contributed by atoms with Gasteiger partial charge in [-0.1, -0.05) is 76.5 Å². The van der Waals surface area contributed by atoms with Crippen LogP contribution >= 0.6 is 11.6 Å². The van der Waals surface area contributed by atoms with E-state index in [1.807, 2.05) is 0 Å². The molecule has 0 saturated heterocycles. The third kappa shape index (κ3) is 8.71. The van der Waals surface area contributed by atoms with Crippen molar-refractivity contribution in [3.05, 3.63) is 34.6 Å². The van der Waals surface area contributed by atoms with Crippen molar-refractivity contribution in [2.24, 2.45) is 0 Å². The topological polar surface area (TPSA) is 26.3 Å². The quantitative estimate of drug-likeness (QED) is 0.268. The van der Waals surface area contributed by atoms with Crippen LogP contribution in [0, 0.1) is 5.82 Å². The van der Waals surface area contributed by atoms with Gasteiger partial charge >= 0.3 is 5.97 Å². The van der Waals surface area contributed by atoms with Gasteiger partial charge in [-0.05, 0) is 37.8 Å². The first-order valence-electron chi connectivity index (χ1n) is 9.75. The Labute approximate surface area is 157 Å². The van der Waals surface area contributed by atoms with Crippen molar-refractivity contribution >= 4 is 17.6 Å². The minimum atomic E-state index is -0.693. The maximum atomic E-state index is 14.0. The van der Waals surface area contributed by atoms with Crippen LogP contribution < -0.4 is 0 Å². The summed E-state index contributed by atoms with van der Waals surface area (Å²) in [4.78, 5) is 12.3. The van der Waals surface area contributed by atoms with Gasteiger partial charge in [0.15, 0.2) is 5.82 Å². The van der Waals surface area contributed by atoms with Crippen LogP contribution in [0.1, 0.15) is 94.8 Å². The summed E-state index contributed by atoms with van der Waals surface area (Å²) in [6.07, 6.45) is 12.1. The molecule has 0 aliphatic rings. The molecule has 1 rings (SSSR count). The third-order valence-corrected chi connectivity index (χ3v) is 4.75. The number of esters is 1. The van der Waals surface area contributed by atoms with E-state index in [4.69, 9.17) is 16.3 Å². The second-order valence-corrected chi connectivity index (χ2v) is 7.09. The summed E-state index contributed by atoms with van der Waals surface area (Å²) in [5, 5.41) is -0.0482. The van der Waals surface area contributed by atoms with Gasteiger partial charge in [0.05, 0.1) is 10.6 Å². The van der Waals surface area contributed by atoms with Gasteiger partial charge in [-0.2, -0.15) is 0 Å². The van der Waals surface area contributed by atoms with Crippen LogP contribution in [0.25, 0.3) is 0 Å². The molecule has 1 aromatic carbocycles. The highest BCUT2D eigenvalue weighted by Gasteiger charge is 2.20. The summed E-state index contributed by atoms with van der Waals surface area (Å²) in [6.45, 7) is 4.36. The van der Waals surface area contributed by atoms with Crippen molar-refractivity contribution < 1.29 is 13.9 Å². The van der Waals surface area contributed by atoms with Crippen LogP contribution in [0.2, 0.25) is 5.02 Å². The van der Waals surface area contributed by atoms with E-state index in [9.17, 15) is 9.18 Å². The smallest absolute Gasteiger partial charge is 0.341 e. The van der Waals surface area contributed by atoms with Gasteiger partial charge in [0.2, 0.25) is 0 Å². The maximum Gasteiger partial charge on any atom is 0.341 e. The monoisotopic (exact) mass is 370 g/mol. The van der Waals surface area contributed by atoms with Gasteiger partial charge in [0, 0.05) is 0 Å². The average molecular weight is 371 g/mol. The third-order valence-electron chi connectivity index (χ3n) is 4.45. The fourth-order valence-corrected chi connectivity index (χ4v) is 3.09. The number of unbranched alkanes of at least 4 members (excludes halogenated alkanes) is 7. The molecular weight excluding hydrogens is 339 g/mol. The second-order valence-electron chi connectivity index (χ2n) is 6.68. The standard InChI is InChI=1S/C21H32ClFO2/c1-3-5-7-8-9-11-14-17(13-10-6-4-2)25-21(24)18-15-12-16-19(22)20(18)23/h12,15-17H,3-11,13-14H2,1-2H3. The molecule has 0 aliphatic heterocycles. The number of hydrogen-bond acceptors (Lipinski definition) is 2. The summed E-state index contributed by atoms with van der Waals surface area (Å²) < 4.78 is 19.6. The molecule has 0 heterocycles. The predicted octanol–water partition coefficient (Wildman–Crippen LogP) is 7.34. The number of carbonyl (C=O) groups is 1. The molecule has 0 bridgehead atoms. The van der Waals surface area contributed by atoms with Crippen molar-refractivity contribution in [1.82, 2.24) is 0 Å². The molecule has 0 amide bonds. The Morgan fingerprint density at radius 1 is 1.00 bits per heavy atom. The van der Waals surface area contributed by atoms with Crippen LogP contribution in [0.3, 0.4) is 0 Å². The summed E-state index contributed by atoms with van der Waals surface area (Å²) in [7, 11) is 0. The van der Waals surface area contributed by atoms with Gasteiger partial charge in [-0.15, -0.1) is 0 Å². The minimum Gasteiger partial charge on any atom is -0.459 e. The van der Waals surface area contributed by atoms with Gasteiger partial charge in [0.1, 0.15) is 6.10 Å². The molecular formula is C21H32ClFO2. The first-order chi connectivity index (χ1) is 12.1. The molecule has 0 fully saturated rings. The van der Waals surface area contributed by atoms with E-state index in [-0.39, 0.29) is 16.7 Å². The summed E-state index contributed by atoms with van der Waals surface area (Å²) in [5.41, 5.74) is -0.0732. The number of carbonyl (C=O) groups excluding carboxylic acids is 1. The second kappa shape index (κ2) is 13.2. The van der Waals surface area contributed by atoms with Crippen LogP contribution in [0.5, 0.6) is 0 Å². The largest absolute Gasteiger partial charge is 0.459 e. The lowest BCUT2D eigenvalue weighted by atomic mass is 10.0. The van der Waals surface area contributed by atoms with E-state index in [0.29, 0.717) is 0 Å². The van der Waals surface area contributed by atoms with E-state index >= 15 is 0 Å². The van der Waals surface area contributed by atoms with Crippen molar-refractivity contribution in [3.8, 4) is 0 Å². The summed E-state index contributed by atoms with van der Waals surface area (Å²) in [6, 6.07) is 4.43. The highest BCUT2D eigenvalue weighted by Crippen LogP contribution is 2.21. The number of hydrogen-bond donors (Lipinski definition) is 0. The Kier molecular flexibility index (Phi) is 11.6. The van der Waals surface area contributed by atoms with Crippen LogP contribution in [-0.2, 0) is 4.74 Å². The Balaban J connectivity index is 2.53. The van der Waals surface area contributed by atoms with Crippen molar-refractivity contribution in [1.29, 1.82) is 0 Å². The average Bonchev–Trinajstić information content (AvgIpc) is 2.60. The lowest BCUT2D eigenvalue weighted by Crippen LogP contribution is -2.19. The summed E-state index contributed by atoms with van der Waals surface area (Å²) in [5.74, 6) is -1.30. The molecule has 25 heavy (non-hydrogen) atoms. The molecule has 1 aromatic rings. The maximum absolute atomic E-state index is 14.0. The zero-order valence-corrected chi connectivity index (χ0v) is 16.4. The molecule has 0 radical (unpaired) electrons. The van der Waals surface area contributed by atoms with Crippen molar-refractivity contribution in [2.45, 2.75) is 90.6 Å². The molecule has 4 heteroatoms. The van der Waals surface area contributed by atoms with Gasteiger partial charge in [-0.3, -0.25) is 0 Å². The highest BCUT2D eigenvalue weighted by atomic mass is 35.5. The van der Waals surface area contributed by atoms with E-state index in [0.717, 1.165) is 44.9 Å².